The molecular formula is C15H24N2O. The first-order valence-electron chi connectivity index (χ1n) is 7.09. The highest BCUT2D eigenvalue weighted by molar-refractivity contribution is 5.48. The van der Waals surface area contributed by atoms with E-state index < -0.39 is 0 Å². The highest BCUT2D eigenvalue weighted by Gasteiger charge is 2.21. The van der Waals surface area contributed by atoms with Crippen molar-refractivity contribution in [1.29, 1.82) is 0 Å². The first kappa shape index (κ1) is 13.3. The Morgan fingerprint density at radius 3 is 2.89 bits per heavy atom. The second kappa shape index (κ2) is 6.19. The van der Waals surface area contributed by atoms with E-state index in [0.29, 0.717) is 6.04 Å². The van der Waals surface area contributed by atoms with E-state index in [1.54, 1.807) is 6.20 Å². The number of nitrogens with zero attached hydrogens (tertiary/aromatic N) is 2. The zero-order valence-corrected chi connectivity index (χ0v) is 11.5. The second-order valence-corrected chi connectivity index (χ2v) is 5.25. The molecule has 1 atom stereocenters. The summed E-state index contributed by atoms with van der Waals surface area (Å²) in [6.45, 7) is 5.55. The van der Waals surface area contributed by atoms with Crippen molar-refractivity contribution in [1.82, 2.24) is 4.98 Å². The fourth-order valence-corrected chi connectivity index (χ4v) is 2.89. The molecule has 1 aromatic rings. The Balaban J connectivity index is 2.27. The van der Waals surface area contributed by atoms with Crippen LogP contribution in [0.25, 0.3) is 0 Å². The van der Waals surface area contributed by atoms with Gasteiger partial charge in [0.2, 0.25) is 0 Å². The maximum absolute atomic E-state index is 9.15. The quantitative estimate of drug-likeness (QED) is 0.893. The van der Waals surface area contributed by atoms with Crippen LogP contribution >= 0.6 is 0 Å². The van der Waals surface area contributed by atoms with Crippen molar-refractivity contribution >= 4 is 5.82 Å². The molecule has 0 spiro atoms. The van der Waals surface area contributed by atoms with Crippen molar-refractivity contribution in [3.63, 3.8) is 0 Å². The maximum Gasteiger partial charge on any atom is 0.131 e. The molecule has 2 rings (SSSR count). The van der Waals surface area contributed by atoms with E-state index in [-0.39, 0.29) is 6.61 Å². The number of aromatic nitrogens is 1. The van der Waals surface area contributed by atoms with E-state index >= 15 is 0 Å². The molecule has 1 unspecified atom stereocenters. The summed E-state index contributed by atoms with van der Waals surface area (Å²) in [5.41, 5.74) is 2.08. The van der Waals surface area contributed by atoms with Gasteiger partial charge >= 0.3 is 0 Å². The van der Waals surface area contributed by atoms with Gasteiger partial charge in [-0.05, 0) is 43.4 Å². The lowest BCUT2D eigenvalue weighted by atomic mass is 10.1. The molecule has 1 saturated heterocycles. The third-order valence-corrected chi connectivity index (χ3v) is 3.91. The summed E-state index contributed by atoms with van der Waals surface area (Å²) in [4.78, 5) is 7.05. The summed E-state index contributed by atoms with van der Waals surface area (Å²) < 4.78 is 0. The molecule has 1 aliphatic heterocycles. The van der Waals surface area contributed by atoms with E-state index in [4.69, 9.17) is 5.11 Å². The number of hydrogen-bond donors (Lipinski definition) is 1. The normalized spacial score (nSPS) is 20.8. The largest absolute Gasteiger partial charge is 0.392 e. The van der Waals surface area contributed by atoms with Gasteiger partial charge < -0.3 is 10.0 Å². The highest BCUT2D eigenvalue weighted by atomic mass is 16.3. The summed E-state index contributed by atoms with van der Waals surface area (Å²) in [5.74, 6) is 1.11. The van der Waals surface area contributed by atoms with E-state index in [1.165, 1.54) is 37.7 Å². The fraction of sp³-hybridized carbons (Fsp3) is 0.667. The van der Waals surface area contributed by atoms with Crippen LogP contribution in [0.4, 0.5) is 5.82 Å². The van der Waals surface area contributed by atoms with Gasteiger partial charge in [-0.3, -0.25) is 0 Å². The van der Waals surface area contributed by atoms with Gasteiger partial charge in [-0.15, -0.1) is 0 Å². The number of aliphatic hydroxyl groups excluding tert-OH is 1. The minimum absolute atomic E-state index is 0.0747. The third-order valence-electron chi connectivity index (χ3n) is 3.91. The minimum atomic E-state index is 0.0747. The van der Waals surface area contributed by atoms with Gasteiger partial charge in [0.15, 0.2) is 0 Å². The van der Waals surface area contributed by atoms with Gasteiger partial charge in [-0.2, -0.15) is 0 Å². The number of pyridine rings is 1. The number of hydrogen-bond acceptors (Lipinski definition) is 3. The molecule has 3 nitrogen and oxygen atoms in total. The van der Waals surface area contributed by atoms with Gasteiger partial charge in [-0.1, -0.05) is 19.8 Å². The predicted molar refractivity (Wildman–Crippen MR) is 74.8 cm³/mol. The zero-order valence-electron chi connectivity index (χ0n) is 11.5. The Hall–Kier alpha value is -1.09. The van der Waals surface area contributed by atoms with Gasteiger partial charge in [0.25, 0.3) is 0 Å². The van der Waals surface area contributed by atoms with E-state index in [0.717, 1.165) is 17.9 Å². The van der Waals surface area contributed by atoms with Gasteiger partial charge in [-0.25, -0.2) is 4.98 Å². The number of rotatable bonds is 3. The molecule has 0 aliphatic carbocycles. The first-order chi connectivity index (χ1) is 8.76. The summed E-state index contributed by atoms with van der Waals surface area (Å²) in [6.07, 6.45) is 8.20. The molecular weight excluding hydrogens is 224 g/mol. The molecule has 2 heterocycles. The monoisotopic (exact) mass is 248 g/mol. The Labute approximate surface area is 110 Å². The van der Waals surface area contributed by atoms with Crippen molar-refractivity contribution in [3.05, 3.63) is 23.4 Å². The average molecular weight is 248 g/mol. The fourth-order valence-electron chi connectivity index (χ4n) is 2.89. The smallest absolute Gasteiger partial charge is 0.131 e. The van der Waals surface area contributed by atoms with Crippen LogP contribution in [0.5, 0.6) is 0 Å². The highest BCUT2D eigenvalue weighted by Crippen LogP contribution is 2.27. The molecule has 18 heavy (non-hydrogen) atoms. The summed E-state index contributed by atoms with van der Waals surface area (Å²) in [7, 11) is 0. The van der Waals surface area contributed by atoms with Crippen molar-refractivity contribution < 1.29 is 5.11 Å². The molecule has 3 heteroatoms. The van der Waals surface area contributed by atoms with Crippen LogP contribution in [0.3, 0.4) is 0 Å². The van der Waals surface area contributed by atoms with Crippen molar-refractivity contribution in [3.8, 4) is 0 Å². The lowest BCUT2D eigenvalue weighted by Gasteiger charge is -2.31. The number of anilines is 1. The minimum Gasteiger partial charge on any atom is -0.392 e. The molecule has 1 N–H and O–H groups in total. The molecule has 1 fully saturated rings. The van der Waals surface area contributed by atoms with Crippen molar-refractivity contribution in [2.45, 2.75) is 58.6 Å². The van der Waals surface area contributed by atoms with Crippen LogP contribution in [0.15, 0.2) is 12.3 Å². The molecule has 0 bridgehead atoms. The molecule has 0 saturated carbocycles. The van der Waals surface area contributed by atoms with Crippen LogP contribution in [0.2, 0.25) is 0 Å². The van der Waals surface area contributed by atoms with Crippen LogP contribution in [-0.4, -0.2) is 22.7 Å². The SMILES string of the molecule is CCC1CCCCCN1c1ncc(CO)cc1C. The molecule has 100 valence electrons. The first-order valence-corrected chi connectivity index (χ1v) is 7.09. The standard InChI is InChI=1S/C15H24N2O/c1-3-14-7-5-4-6-8-17(14)15-12(2)9-13(11-18)10-16-15/h9-10,14,18H,3-8,11H2,1-2H3. The van der Waals surface area contributed by atoms with Gasteiger partial charge in [0.1, 0.15) is 5.82 Å². The Bertz CT molecular complexity index is 392. The van der Waals surface area contributed by atoms with Crippen LogP contribution in [0.1, 0.15) is 50.2 Å². The lowest BCUT2D eigenvalue weighted by Crippen LogP contribution is -2.35. The number of aliphatic hydroxyl groups is 1. The van der Waals surface area contributed by atoms with Crippen LogP contribution in [-0.2, 0) is 6.61 Å². The molecule has 1 aromatic heterocycles. The Morgan fingerprint density at radius 1 is 1.39 bits per heavy atom. The van der Waals surface area contributed by atoms with E-state index in [2.05, 4.69) is 29.8 Å². The van der Waals surface area contributed by atoms with Crippen molar-refractivity contribution in [2.24, 2.45) is 0 Å². The number of aryl methyl sites for hydroxylation is 1. The summed E-state index contributed by atoms with van der Waals surface area (Å²) in [5, 5.41) is 9.15. The van der Waals surface area contributed by atoms with Crippen molar-refractivity contribution in [2.75, 3.05) is 11.4 Å². The molecule has 0 radical (unpaired) electrons. The van der Waals surface area contributed by atoms with Gasteiger partial charge in [0.05, 0.1) is 6.61 Å². The molecule has 1 aliphatic rings. The summed E-state index contributed by atoms with van der Waals surface area (Å²) in [6, 6.07) is 2.68. The van der Waals surface area contributed by atoms with E-state index in [9.17, 15) is 0 Å². The van der Waals surface area contributed by atoms with Gasteiger partial charge in [0, 0.05) is 18.8 Å². The molecule has 0 aromatic carbocycles. The predicted octanol–water partition coefficient (Wildman–Crippen LogP) is 3.04. The zero-order chi connectivity index (χ0) is 13.0. The second-order valence-electron chi connectivity index (χ2n) is 5.25. The topological polar surface area (TPSA) is 36.4 Å². The van der Waals surface area contributed by atoms with E-state index in [1.807, 2.05) is 0 Å². The lowest BCUT2D eigenvalue weighted by molar-refractivity contribution is 0.281. The summed E-state index contributed by atoms with van der Waals surface area (Å²) >= 11 is 0. The molecule has 0 amide bonds. The van der Waals surface area contributed by atoms with Crippen LogP contribution < -0.4 is 4.90 Å². The van der Waals surface area contributed by atoms with Crippen LogP contribution in [0, 0.1) is 6.92 Å². The average Bonchev–Trinajstić information content (AvgIpc) is 2.63. The third kappa shape index (κ3) is 2.83. The Morgan fingerprint density at radius 2 is 2.22 bits per heavy atom. The Kier molecular flexibility index (Phi) is 4.59. The maximum atomic E-state index is 9.15.